The molecule has 0 unspecified atom stereocenters. The molecule has 1 N–H and O–H groups in total. The highest BCUT2D eigenvalue weighted by atomic mass is 32.1. The quantitative estimate of drug-likeness (QED) is 0.350. The third-order valence-electron chi connectivity index (χ3n) is 4.65. The highest BCUT2D eigenvalue weighted by molar-refractivity contribution is 7.09. The number of aromatic nitrogens is 3. The summed E-state index contributed by atoms with van der Waals surface area (Å²) in [6.45, 7) is 2.29. The lowest BCUT2D eigenvalue weighted by Gasteiger charge is -2.04. The molecule has 4 rings (SSSR count). The molecule has 0 radical (unpaired) electrons. The Balaban J connectivity index is 1.60. The molecular weight excluding hydrogens is 414 g/mol. The number of aryl methyl sites for hydroxylation is 1. The van der Waals surface area contributed by atoms with Crippen LogP contribution in [-0.2, 0) is 17.8 Å². The van der Waals surface area contributed by atoms with Crippen molar-refractivity contribution < 1.29 is 9.72 Å². The third kappa shape index (κ3) is 4.84. The summed E-state index contributed by atoms with van der Waals surface area (Å²) in [6.07, 6.45) is 1.95. The molecule has 0 spiro atoms. The summed E-state index contributed by atoms with van der Waals surface area (Å²) in [5, 5.41) is 21.4. The van der Waals surface area contributed by atoms with Crippen LogP contribution in [0.1, 0.15) is 16.3 Å². The van der Waals surface area contributed by atoms with Crippen molar-refractivity contribution >= 4 is 22.9 Å². The zero-order valence-electron chi connectivity index (χ0n) is 16.7. The molecule has 0 atom stereocenters. The van der Waals surface area contributed by atoms with Crippen LogP contribution in [0.4, 0.5) is 5.69 Å². The number of non-ortho nitro benzene ring substituents is 1. The largest absolute Gasteiger partial charge is 0.350 e. The Morgan fingerprint density at radius 3 is 2.55 bits per heavy atom. The van der Waals surface area contributed by atoms with Crippen molar-refractivity contribution in [1.82, 2.24) is 20.1 Å². The van der Waals surface area contributed by atoms with Crippen molar-refractivity contribution in [3.05, 3.63) is 92.6 Å². The Hall–Kier alpha value is -3.85. The Morgan fingerprint density at radius 2 is 1.90 bits per heavy atom. The van der Waals surface area contributed by atoms with Crippen LogP contribution in [0.3, 0.4) is 0 Å². The average Bonchev–Trinajstić information content (AvgIpc) is 3.39. The number of nitrogens with zero attached hydrogens (tertiary/aromatic N) is 4. The van der Waals surface area contributed by atoms with Gasteiger partial charge in [-0.1, -0.05) is 18.2 Å². The average molecular weight is 433 g/mol. The van der Waals surface area contributed by atoms with Gasteiger partial charge < -0.3 is 5.32 Å². The van der Waals surface area contributed by atoms with Gasteiger partial charge in [0.05, 0.1) is 40.0 Å². The summed E-state index contributed by atoms with van der Waals surface area (Å²) in [5.41, 5.74) is 3.73. The molecule has 0 saturated carbocycles. The maximum absolute atomic E-state index is 12.6. The predicted molar refractivity (Wildman–Crippen MR) is 118 cm³/mol. The van der Waals surface area contributed by atoms with Gasteiger partial charge in [0.1, 0.15) is 0 Å². The highest BCUT2D eigenvalue weighted by Crippen LogP contribution is 2.26. The number of para-hydroxylation sites is 1. The summed E-state index contributed by atoms with van der Waals surface area (Å²) >= 11 is 1.54. The number of benzene rings is 2. The molecule has 4 aromatic rings. The first-order valence-electron chi connectivity index (χ1n) is 9.56. The van der Waals surface area contributed by atoms with E-state index in [1.54, 1.807) is 28.2 Å². The van der Waals surface area contributed by atoms with E-state index in [2.05, 4.69) is 15.4 Å². The Bertz CT molecular complexity index is 1220. The van der Waals surface area contributed by atoms with Crippen LogP contribution in [-0.4, -0.2) is 25.6 Å². The fraction of sp³-hybridized carbons (Fsp3) is 0.136. The minimum Gasteiger partial charge on any atom is -0.350 e. The highest BCUT2D eigenvalue weighted by Gasteiger charge is 2.17. The fourth-order valence-corrected chi connectivity index (χ4v) is 3.76. The molecule has 0 saturated heterocycles. The zero-order chi connectivity index (χ0) is 21.8. The van der Waals surface area contributed by atoms with E-state index in [1.165, 1.54) is 12.1 Å². The second kappa shape index (κ2) is 8.88. The molecule has 31 heavy (non-hydrogen) atoms. The summed E-state index contributed by atoms with van der Waals surface area (Å²) in [5.74, 6) is -0.151. The van der Waals surface area contributed by atoms with Gasteiger partial charge in [0.15, 0.2) is 0 Å². The predicted octanol–water partition coefficient (Wildman–Crippen LogP) is 4.07. The topological polar surface area (TPSA) is 103 Å². The van der Waals surface area contributed by atoms with Crippen LogP contribution in [0.5, 0.6) is 0 Å². The minimum atomic E-state index is -0.444. The molecule has 0 aliphatic carbocycles. The van der Waals surface area contributed by atoms with E-state index in [0.29, 0.717) is 17.8 Å². The molecule has 8 nitrogen and oxygen atoms in total. The molecule has 2 heterocycles. The molecule has 0 fully saturated rings. The number of carbonyl (C=O) groups excluding carboxylic acids is 1. The molecule has 156 valence electrons. The van der Waals surface area contributed by atoms with E-state index < -0.39 is 4.92 Å². The van der Waals surface area contributed by atoms with Crippen LogP contribution in [0, 0.1) is 17.0 Å². The summed E-state index contributed by atoms with van der Waals surface area (Å²) in [6, 6.07) is 15.7. The molecule has 2 aromatic carbocycles. The van der Waals surface area contributed by atoms with Crippen molar-refractivity contribution in [2.75, 3.05) is 0 Å². The molecule has 0 aliphatic rings. The van der Waals surface area contributed by atoms with Crippen LogP contribution in [0.2, 0.25) is 0 Å². The van der Waals surface area contributed by atoms with Gasteiger partial charge in [0.2, 0.25) is 5.91 Å². The number of nitro benzene ring substituents is 1. The van der Waals surface area contributed by atoms with Gasteiger partial charge in [0.25, 0.3) is 5.69 Å². The van der Waals surface area contributed by atoms with E-state index in [1.807, 2.05) is 48.8 Å². The van der Waals surface area contributed by atoms with Gasteiger partial charge in [-0.15, -0.1) is 11.3 Å². The van der Waals surface area contributed by atoms with Crippen molar-refractivity contribution in [1.29, 1.82) is 0 Å². The number of nitrogens with one attached hydrogen (secondary N) is 1. The second-order valence-electron chi connectivity index (χ2n) is 6.90. The Kier molecular flexibility index (Phi) is 5.85. The molecule has 2 aromatic heterocycles. The first-order valence-corrected chi connectivity index (χ1v) is 10.4. The zero-order valence-corrected chi connectivity index (χ0v) is 17.5. The van der Waals surface area contributed by atoms with E-state index >= 15 is 0 Å². The maximum Gasteiger partial charge on any atom is 0.269 e. The number of nitro groups is 1. The second-order valence-corrected chi connectivity index (χ2v) is 7.96. The molecule has 1 amide bonds. The summed E-state index contributed by atoms with van der Waals surface area (Å²) in [7, 11) is 0. The summed E-state index contributed by atoms with van der Waals surface area (Å²) in [4.78, 5) is 27.5. The van der Waals surface area contributed by atoms with E-state index in [4.69, 9.17) is 0 Å². The first kappa shape index (κ1) is 20.4. The molecular formula is C22H19N5O3S. The van der Waals surface area contributed by atoms with Crippen molar-refractivity contribution in [2.24, 2.45) is 0 Å². The number of rotatable bonds is 7. The Labute approximate surface area is 182 Å². The lowest BCUT2D eigenvalue weighted by atomic mass is 10.1. The summed E-state index contributed by atoms with van der Waals surface area (Å²) < 4.78 is 1.71. The van der Waals surface area contributed by atoms with Gasteiger partial charge in [-0.25, -0.2) is 9.67 Å². The van der Waals surface area contributed by atoms with Crippen molar-refractivity contribution in [3.8, 4) is 16.9 Å². The number of hydrogen-bond acceptors (Lipinski definition) is 6. The number of amides is 1. The monoisotopic (exact) mass is 433 g/mol. The molecule has 0 aliphatic heterocycles. The normalized spacial score (nSPS) is 10.7. The molecule has 9 heteroatoms. The number of hydrogen-bond donors (Lipinski definition) is 1. The van der Waals surface area contributed by atoms with E-state index in [9.17, 15) is 14.9 Å². The van der Waals surface area contributed by atoms with Gasteiger partial charge in [-0.05, 0) is 31.2 Å². The van der Waals surface area contributed by atoms with Gasteiger partial charge in [-0.2, -0.15) is 5.10 Å². The minimum absolute atomic E-state index is 0.00379. The number of carbonyl (C=O) groups is 1. The smallest absolute Gasteiger partial charge is 0.269 e. The van der Waals surface area contributed by atoms with E-state index in [-0.39, 0.29) is 18.0 Å². The maximum atomic E-state index is 12.6. The SMILES string of the molecule is Cc1nc(CNC(=O)Cc2cn(-c3ccccc3)nc2-c2ccc([N+](=O)[O-])cc2)cs1. The lowest BCUT2D eigenvalue weighted by molar-refractivity contribution is -0.384. The Morgan fingerprint density at radius 1 is 1.16 bits per heavy atom. The number of thiazole rings is 1. The van der Waals surface area contributed by atoms with Gasteiger partial charge >= 0.3 is 0 Å². The lowest BCUT2D eigenvalue weighted by Crippen LogP contribution is -2.24. The van der Waals surface area contributed by atoms with Crippen LogP contribution < -0.4 is 5.32 Å². The molecule has 0 bridgehead atoms. The van der Waals surface area contributed by atoms with Crippen LogP contribution in [0.25, 0.3) is 16.9 Å². The van der Waals surface area contributed by atoms with Gasteiger partial charge in [0, 0.05) is 34.8 Å². The first-order chi connectivity index (χ1) is 15.0. The standard InChI is InChI=1S/C22H19N5O3S/c1-15-24-18(14-31-15)12-23-21(28)11-17-13-26(19-5-3-2-4-6-19)25-22(17)16-7-9-20(10-8-16)27(29)30/h2-10,13-14H,11-12H2,1H3,(H,23,28). The van der Waals surface area contributed by atoms with Crippen LogP contribution in [0.15, 0.2) is 66.2 Å². The van der Waals surface area contributed by atoms with Gasteiger partial charge in [-0.3, -0.25) is 14.9 Å². The third-order valence-corrected chi connectivity index (χ3v) is 5.47. The fourth-order valence-electron chi connectivity index (χ4n) is 3.15. The van der Waals surface area contributed by atoms with Crippen LogP contribution >= 0.6 is 11.3 Å². The van der Waals surface area contributed by atoms with E-state index in [0.717, 1.165) is 22.0 Å². The van der Waals surface area contributed by atoms with Crippen molar-refractivity contribution in [2.45, 2.75) is 19.9 Å². The van der Waals surface area contributed by atoms with Crippen molar-refractivity contribution in [3.63, 3.8) is 0 Å².